The number of rotatable bonds is 3. The standard InChI is InChI=1S/C11H22BrNO/c1-10-7-13(5-4-6-14-10)9-11(2,3)8-12/h10H,4-9H2,1-3H3. The Balaban J connectivity index is 2.42. The molecule has 84 valence electrons. The Labute approximate surface area is 96.1 Å². The molecule has 0 aromatic carbocycles. The van der Waals surface area contributed by atoms with E-state index in [1.165, 1.54) is 13.0 Å². The van der Waals surface area contributed by atoms with E-state index in [1.807, 2.05) is 0 Å². The van der Waals surface area contributed by atoms with Crippen LogP contribution in [0.3, 0.4) is 0 Å². The van der Waals surface area contributed by atoms with E-state index in [4.69, 9.17) is 4.74 Å². The van der Waals surface area contributed by atoms with Gasteiger partial charge in [-0.1, -0.05) is 29.8 Å². The molecule has 0 aromatic heterocycles. The van der Waals surface area contributed by atoms with Gasteiger partial charge < -0.3 is 9.64 Å². The zero-order chi connectivity index (χ0) is 10.6. The molecule has 1 rings (SSSR count). The average molecular weight is 264 g/mol. The second-order valence-electron chi connectivity index (χ2n) is 5.07. The van der Waals surface area contributed by atoms with E-state index in [0.29, 0.717) is 11.5 Å². The lowest BCUT2D eigenvalue weighted by Crippen LogP contribution is -2.38. The summed E-state index contributed by atoms with van der Waals surface area (Å²) in [6, 6.07) is 0. The van der Waals surface area contributed by atoms with Crippen molar-refractivity contribution in [2.24, 2.45) is 5.41 Å². The molecule has 1 atom stereocenters. The Morgan fingerprint density at radius 2 is 2.21 bits per heavy atom. The summed E-state index contributed by atoms with van der Waals surface area (Å²) in [4.78, 5) is 2.53. The molecular weight excluding hydrogens is 242 g/mol. The van der Waals surface area contributed by atoms with Crippen LogP contribution in [0.2, 0.25) is 0 Å². The average Bonchev–Trinajstić information content (AvgIpc) is 2.29. The number of hydrogen-bond donors (Lipinski definition) is 0. The number of halogens is 1. The third-order valence-electron chi connectivity index (χ3n) is 2.55. The minimum atomic E-state index is 0.365. The maximum Gasteiger partial charge on any atom is 0.0673 e. The van der Waals surface area contributed by atoms with Gasteiger partial charge in [-0.25, -0.2) is 0 Å². The third kappa shape index (κ3) is 4.28. The smallest absolute Gasteiger partial charge is 0.0673 e. The fourth-order valence-electron chi connectivity index (χ4n) is 1.87. The van der Waals surface area contributed by atoms with Gasteiger partial charge in [0, 0.05) is 31.6 Å². The van der Waals surface area contributed by atoms with Crippen LogP contribution >= 0.6 is 15.9 Å². The maximum atomic E-state index is 5.63. The normalized spacial score (nSPS) is 26.1. The topological polar surface area (TPSA) is 12.5 Å². The minimum Gasteiger partial charge on any atom is -0.377 e. The molecular formula is C11H22BrNO. The first kappa shape index (κ1) is 12.5. The summed E-state index contributed by atoms with van der Waals surface area (Å²) in [6.07, 6.45) is 1.56. The Hall–Kier alpha value is 0.400. The summed E-state index contributed by atoms with van der Waals surface area (Å²) < 4.78 is 5.63. The summed E-state index contributed by atoms with van der Waals surface area (Å²) in [5.74, 6) is 0. The van der Waals surface area contributed by atoms with Crippen molar-refractivity contribution < 1.29 is 4.74 Å². The molecule has 0 spiro atoms. The van der Waals surface area contributed by atoms with Crippen LogP contribution < -0.4 is 0 Å². The molecule has 0 bridgehead atoms. The zero-order valence-electron chi connectivity index (χ0n) is 9.55. The number of nitrogens with zero attached hydrogens (tertiary/aromatic N) is 1. The highest BCUT2D eigenvalue weighted by atomic mass is 79.9. The molecule has 0 radical (unpaired) electrons. The van der Waals surface area contributed by atoms with Gasteiger partial charge in [-0.3, -0.25) is 0 Å². The number of hydrogen-bond acceptors (Lipinski definition) is 2. The summed E-state index contributed by atoms with van der Waals surface area (Å²) in [5.41, 5.74) is 0.365. The third-order valence-corrected chi connectivity index (χ3v) is 4.07. The van der Waals surface area contributed by atoms with Gasteiger partial charge in [-0.15, -0.1) is 0 Å². The molecule has 1 unspecified atom stereocenters. The van der Waals surface area contributed by atoms with Crippen molar-refractivity contribution in [3.63, 3.8) is 0 Å². The Bertz CT molecular complexity index is 173. The largest absolute Gasteiger partial charge is 0.377 e. The highest BCUT2D eigenvalue weighted by molar-refractivity contribution is 9.09. The second-order valence-corrected chi connectivity index (χ2v) is 5.63. The summed E-state index contributed by atoms with van der Waals surface area (Å²) in [5, 5.41) is 1.06. The summed E-state index contributed by atoms with van der Waals surface area (Å²) in [6.45, 7) is 11.1. The van der Waals surface area contributed by atoms with Crippen molar-refractivity contribution in [2.75, 3.05) is 31.6 Å². The Morgan fingerprint density at radius 3 is 2.86 bits per heavy atom. The van der Waals surface area contributed by atoms with Crippen LogP contribution in [0.4, 0.5) is 0 Å². The van der Waals surface area contributed by atoms with Gasteiger partial charge >= 0.3 is 0 Å². The second kappa shape index (κ2) is 5.47. The predicted molar refractivity (Wildman–Crippen MR) is 64.0 cm³/mol. The first-order valence-corrected chi connectivity index (χ1v) is 6.55. The molecule has 0 saturated carbocycles. The van der Waals surface area contributed by atoms with E-state index in [0.717, 1.165) is 25.0 Å². The van der Waals surface area contributed by atoms with Crippen molar-refractivity contribution in [2.45, 2.75) is 33.3 Å². The van der Waals surface area contributed by atoms with Gasteiger partial charge in [-0.2, -0.15) is 0 Å². The van der Waals surface area contributed by atoms with Crippen LogP contribution in [-0.4, -0.2) is 42.6 Å². The first-order chi connectivity index (χ1) is 6.53. The molecule has 1 aliphatic rings. The lowest BCUT2D eigenvalue weighted by Gasteiger charge is -2.31. The predicted octanol–water partition coefficient (Wildman–Crippen LogP) is 2.52. The van der Waals surface area contributed by atoms with Crippen LogP contribution in [0.1, 0.15) is 27.2 Å². The quantitative estimate of drug-likeness (QED) is 0.726. The van der Waals surface area contributed by atoms with Crippen LogP contribution in [0, 0.1) is 5.41 Å². The van der Waals surface area contributed by atoms with Crippen molar-refractivity contribution in [1.29, 1.82) is 0 Å². The molecule has 0 N–H and O–H groups in total. The first-order valence-electron chi connectivity index (χ1n) is 5.43. The lowest BCUT2D eigenvalue weighted by atomic mass is 9.96. The molecule has 0 aliphatic carbocycles. The molecule has 14 heavy (non-hydrogen) atoms. The van der Waals surface area contributed by atoms with Gasteiger partial charge in [0.1, 0.15) is 0 Å². The monoisotopic (exact) mass is 263 g/mol. The van der Waals surface area contributed by atoms with Gasteiger partial charge in [0.05, 0.1) is 6.10 Å². The number of ether oxygens (including phenoxy) is 1. The van der Waals surface area contributed by atoms with Crippen LogP contribution in [0.15, 0.2) is 0 Å². The SMILES string of the molecule is CC1CN(CC(C)(C)CBr)CCCO1. The van der Waals surface area contributed by atoms with Crippen molar-refractivity contribution in [3.8, 4) is 0 Å². The number of alkyl halides is 1. The van der Waals surface area contributed by atoms with E-state index in [1.54, 1.807) is 0 Å². The Morgan fingerprint density at radius 1 is 1.50 bits per heavy atom. The van der Waals surface area contributed by atoms with Crippen LogP contribution in [0.25, 0.3) is 0 Å². The fraction of sp³-hybridized carbons (Fsp3) is 1.00. The molecule has 1 aliphatic heterocycles. The highest BCUT2D eigenvalue weighted by Gasteiger charge is 2.23. The molecule has 1 heterocycles. The van der Waals surface area contributed by atoms with Gasteiger partial charge in [-0.05, 0) is 18.8 Å². The van der Waals surface area contributed by atoms with Crippen molar-refractivity contribution in [3.05, 3.63) is 0 Å². The van der Waals surface area contributed by atoms with Crippen molar-refractivity contribution in [1.82, 2.24) is 4.90 Å². The van der Waals surface area contributed by atoms with Crippen LogP contribution in [-0.2, 0) is 4.74 Å². The minimum absolute atomic E-state index is 0.365. The summed E-state index contributed by atoms with van der Waals surface area (Å²) >= 11 is 3.57. The van der Waals surface area contributed by atoms with E-state index >= 15 is 0 Å². The molecule has 2 nitrogen and oxygen atoms in total. The molecule has 0 aromatic rings. The summed E-state index contributed by atoms with van der Waals surface area (Å²) in [7, 11) is 0. The van der Waals surface area contributed by atoms with E-state index < -0.39 is 0 Å². The van der Waals surface area contributed by atoms with Crippen molar-refractivity contribution >= 4 is 15.9 Å². The van der Waals surface area contributed by atoms with Crippen LogP contribution in [0.5, 0.6) is 0 Å². The molecule has 1 saturated heterocycles. The Kier molecular flexibility index (Phi) is 4.88. The zero-order valence-corrected chi connectivity index (χ0v) is 11.1. The lowest BCUT2D eigenvalue weighted by molar-refractivity contribution is 0.0631. The van der Waals surface area contributed by atoms with E-state index in [2.05, 4.69) is 41.6 Å². The van der Waals surface area contributed by atoms with Gasteiger partial charge in [0.2, 0.25) is 0 Å². The highest BCUT2D eigenvalue weighted by Crippen LogP contribution is 2.21. The fourth-order valence-corrected chi connectivity index (χ4v) is 2.05. The maximum absolute atomic E-state index is 5.63. The van der Waals surface area contributed by atoms with Gasteiger partial charge in [0.25, 0.3) is 0 Å². The van der Waals surface area contributed by atoms with E-state index in [9.17, 15) is 0 Å². The molecule has 1 fully saturated rings. The molecule has 3 heteroatoms. The van der Waals surface area contributed by atoms with Gasteiger partial charge in [0.15, 0.2) is 0 Å². The molecule has 0 amide bonds. The van der Waals surface area contributed by atoms with E-state index in [-0.39, 0.29) is 0 Å².